The summed E-state index contributed by atoms with van der Waals surface area (Å²) < 4.78 is 18.2. The summed E-state index contributed by atoms with van der Waals surface area (Å²) in [5, 5.41) is 6.27. The molecule has 22 heavy (non-hydrogen) atoms. The zero-order valence-corrected chi connectivity index (χ0v) is 13.5. The molecule has 0 heterocycles. The van der Waals surface area contributed by atoms with E-state index < -0.39 is 5.60 Å². The lowest BCUT2D eigenvalue weighted by Gasteiger charge is -2.24. The Morgan fingerprint density at radius 3 is 2.50 bits per heavy atom. The van der Waals surface area contributed by atoms with Crippen molar-refractivity contribution < 1.29 is 13.9 Å². The summed E-state index contributed by atoms with van der Waals surface area (Å²) in [4.78, 5) is 11.9. The summed E-state index contributed by atoms with van der Waals surface area (Å²) in [7, 11) is 0. The van der Waals surface area contributed by atoms with Crippen molar-refractivity contribution >= 4 is 6.09 Å². The van der Waals surface area contributed by atoms with Crippen LogP contribution in [-0.4, -0.2) is 24.3 Å². The van der Waals surface area contributed by atoms with Gasteiger partial charge in [-0.15, -0.1) is 0 Å². The van der Waals surface area contributed by atoms with E-state index in [9.17, 15) is 9.18 Å². The Labute approximate surface area is 131 Å². The lowest BCUT2D eigenvalue weighted by Crippen LogP contribution is -2.45. The molecule has 1 aromatic carbocycles. The minimum atomic E-state index is -0.486. The van der Waals surface area contributed by atoms with Crippen molar-refractivity contribution in [2.45, 2.75) is 51.8 Å². The smallest absolute Gasteiger partial charge is 0.407 e. The maximum absolute atomic E-state index is 12.8. The molecule has 0 aliphatic heterocycles. The molecule has 0 spiro atoms. The third kappa shape index (κ3) is 6.02. The van der Waals surface area contributed by atoms with Gasteiger partial charge in [-0.1, -0.05) is 12.1 Å². The quantitative estimate of drug-likeness (QED) is 0.848. The van der Waals surface area contributed by atoms with E-state index in [4.69, 9.17) is 4.74 Å². The molecule has 1 amide bonds. The Kier molecular flexibility index (Phi) is 5.40. The van der Waals surface area contributed by atoms with E-state index in [1.165, 1.54) is 12.1 Å². The van der Waals surface area contributed by atoms with Gasteiger partial charge in [0.05, 0.1) is 0 Å². The van der Waals surface area contributed by atoms with Crippen LogP contribution in [0.25, 0.3) is 0 Å². The molecule has 1 aliphatic rings. The second-order valence-electron chi connectivity index (χ2n) is 6.85. The summed E-state index contributed by atoms with van der Waals surface area (Å²) in [6.45, 7) is 6.89. The Morgan fingerprint density at radius 2 is 1.95 bits per heavy atom. The summed E-state index contributed by atoms with van der Waals surface area (Å²) in [5.41, 5.74) is 0.535. The van der Waals surface area contributed by atoms with Crippen molar-refractivity contribution in [3.8, 4) is 0 Å². The van der Waals surface area contributed by atoms with Crippen LogP contribution in [0.1, 0.15) is 39.2 Å². The Hall–Kier alpha value is -1.62. The molecule has 5 heteroatoms. The van der Waals surface area contributed by atoms with Gasteiger partial charge < -0.3 is 15.4 Å². The zero-order valence-electron chi connectivity index (χ0n) is 13.5. The molecule has 0 aromatic heterocycles. The molecule has 0 saturated heterocycles. The second kappa shape index (κ2) is 7.09. The van der Waals surface area contributed by atoms with Crippen molar-refractivity contribution in [1.82, 2.24) is 10.6 Å². The van der Waals surface area contributed by atoms with Crippen LogP contribution >= 0.6 is 0 Å². The molecule has 1 aromatic rings. The van der Waals surface area contributed by atoms with Gasteiger partial charge in [0.25, 0.3) is 0 Å². The highest BCUT2D eigenvalue weighted by Gasteiger charge is 2.33. The summed E-state index contributed by atoms with van der Waals surface area (Å²) in [6.07, 6.45) is 1.91. The van der Waals surface area contributed by atoms with Crippen LogP contribution in [-0.2, 0) is 11.3 Å². The van der Waals surface area contributed by atoms with Crippen molar-refractivity contribution in [3.63, 3.8) is 0 Å². The second-order valence-corrected chi connectivity index (χ2v) is 6.85. The van der Waals surface area contributed by atoms with Gasteiger partial charge in [0.15, 0.2) is 0 Å². The highest BCUT2D eigenvalue weighted by Crippen LogP contribution is 2.32. The Morgan fingerprint density at radius 1 is 1.32 bits per heavy atom. The molecule has 1 saturated carbocycles. The topological polar surface area (TPSA) is 50.4 Å². The minimum Gasteiger partial charge on any atom is -0.444 e. The predicted octanol–water partition coefficient (Wildman–Crippen LogP) is 3.22. The number of alkyl carbamates (subject to hydrolysis) is 1. The molecule has 122 valence electrons. The predicted molar refractivity (Wildman–Crippen MR) is 84.0 cm³/mol. The Bertz CT molecular complexity index is 492. The van der Waals surface area contributed by atoms with Crippen LogP contribution in [0.4, 0.5) is 9.18 Å². The fourth-order valence-corrected chi connectivity index (χ4v) is 2.27. The molecular formula is C17H25FN2O2. The standard InChI is InChI=1S/C17H25FN2O2/c1-17(2,3)22-16(21)20-15(13-6-7-13)11-19-10-12-4-8-14(18)9-5-12/h4-5,8-9,13,15,19H,6-7,10-11H2,1-3H3,(H,20,21). The molecule has 0 bridgehead atoms. The number of benzene rings is 1. The van der Waals surface area contributed by atoms with Gasteiger partial charge in [0, 0.05) is 19.1 Å². The fraction of sp³-hybridized carbons (Fsp3) is 0.588. The van der Waals surface area contributed by atoms with Gasteiger partial charge in [0.1, 0.15) is 11.4 Å². The first-order chi connectivity index (χ1) is 10.3. The van der Waals surface area contributed by atoms with Gasteiger partial charge in [-0.2, -0.15) is 0 Å². The van der Waals surface area contributed by atoms with E-state index in [0.29, 0.717) is 19.0 Å². The SMILES string of the molecule is CC(C)(C)OC(=O)NC(CNCc1ccc(F)cc1)C1CC1. The number of carbonyl (C=O) groups excluding carboxylic acids is 1. The molecule has 1 aliphatic carbocycles. The third-order valence-electron chi connectivity index (χ3n) is 3.50. The number of halogens is 1. The maximum atomic E-state index is 12.8. The molecule has 2 rings (SSSR count). The van der Waals surface area contributed by atoms with E-state index in [1.54, 1.807) is 12.1 Å². The summed E-state index contributed by atoms with van der Waals surface area (Å²) in [6, 6.07) is 6.50. The minimum absolute atomic E-state index is 0.0790. The zero-order chi connectivity index (χ0) is 16.2. The molecule has 0 radical (unpaired) electrons. The van der Waals surface area contributed by atoms with Crippen molar-refractivity contribution in [2.24, 2.45) is 5.92 Å². The number of hydrogen-bond donors (Lipinski definition) is 2. The fourth-order valence-electron chi connectivity index (χ4n) is 2.27. The van der Waals surface area contributed by atoms with E-state index in [1.807, 2.05) is 20.8 Å². The number of ether oxygens (including phenoxy) is 1. The monoisotopic (exact) mass is 308 g/mol. The van der Waals surface area contributed by atoms with E-state index in [-0.39, 0.29) is 18.0 Å². The van der Waals surface area contributed by atoms with Crippen LogP contribution in [0.2, 0.25) is 0 Å². The van der Waals surface area contributed by atoms with E-state index in [0.717, 1.165) is 18.4 Å². The van der Waals surface area contributed by atoms with E-state index >= 15 is 0 Å². The number of nitrogens with one attached hydrogen (secondary N) is 2. The molecule has 1 fully saturated rings. The highest BCUT2D eigenvalue weighted by molar-refractivity contribution is 5.68. The summed E-state index contributed by atoms with van der Waals surface area (Å²) in [5.74, 6) is 0.291. The van der Waals surface area contributed by atoms with Gasteiger partial charge in [0.2, 0.25) is 0 Å². The van der Waals surface area contributed by atoms with Crippen molar-refractivity contribution in [2.75, 3.05) is 6.54 Å². The number of rotatable bonds is 6. The lowest BCUT2D eigenvalue weighted by molar-refractivity contribution is 0.0497. The molecule has 1 atom stereocenters. The lowest BCUT2D eigenvalue weighted by atomic mass is 10.1. The van der Waals surface area contributed by atoms with E-state index in [2.05, 4.69) is 10.6 Å². The normalized spacial score (nSPS) is 16.2. The molecule has 4 nitrogen and oxygen atoms in total. The highest BCUT2D eigenvalue weighted by atomic mass is 19.1. The van der Waals surface area contributed by atoms with Crippen LogP contribution < -0.4 is 10.6 Å². The molecule has 1 unspecified atom stereocenters. The number of amides is 1. The molecular weight excluding hydrogens is 283 g/mol. The summed E-state index contributed by atoms with van der Waals surface area (Å²) >= 11 is 0. The van der Waals surface area contributed by atoms with Crippen molar-refractivity contribution in [3.05, 3.63) is 35.6 Å². The van der Waals surface area contributed by atoms with Crippen LogP contribution in [0, 0.1) is 11.7 Å². The number of carbonyl (C=O) groups is 1. The average Bonchev–Trinajstić information content (AvgIpc) is 3.22. The maximum Gasteiger partial charge on any atom is 0.407 e. The van der Waals surface area contributed by atoms with Crippen LogP contribution in [0.5, 0.6) is 0 Å². The van der Waals surface area contributed by atoms with Gasteiger partial charge in [-0.25, -0.2) is 9.18 Å². The molecule has 2 N–H and O–H groups in total. The first-order valence-corrected chi connectivity index (χ1v) is 7.78. The van der Waals surface area contributed by atoms with Gasteiger partial charge in [-0.05, 0) is 57.2 Å². The largest absolute Gasteiger partial charge is 0.444 e. The van der Waals surface area contributed by atoms with Gasteiger partial charge >= 0.3 is 6.09 Å². The van der Waals surface area contributed by atoms with Crippen LogP contribution in [0.15, 0.2) is 24.3 Å². The first kappa shape index (κ1) is 16.7. The average molecular weight is 308 g/mol. The van der Waals surface area contributed by atoms with Gasteiger partial charge in [-0.3, -0.25) is 0 Å². The first-order valence-electron chi connectivity index (χ1n) is 7.78. The number of hydrogen-bond acceptors (Lipinski definition) is 3. The third-order valence-corrected chi connectivity index (χ3v) is 3.50. The van der Waals surface area contributed by atoms with Crippen molar-refractivity contribution in [1.29, 1.82) is 0 Å². The van der Waals surface area contributed by atoms with Crippen LogP contribution in [0.3, 0.4) is 0 Å². The Balaban J connectivity index is 1.77.